The molecule has 0 radical (unpaired) electrons. The zero-order chi connectivity index (χ0) is 33.1. The number of phenolic OH excluding ortho intramolecular Hbond substituents is 1. The van der Waals surface area contributed by atoms with Crippen LogP contribution in [0.25, 0.3) is 62.0 Å². The fraction of sp³-hybridized carbons (Fsp3) is 0.200. The average Bonchev–Trinajstić information content (AvgIpc) is 3.61. The van der Waals surface area contributed by atoms with Crippen molar-refractivity contribution in [1.29, 1.82) is 0 Å². The standard InChI is InChI=1S/C45H42N2O/c1-6-13-36-38-26-32(31-18-20-40-37(25-31)30(7-2)27-46(40)33-14-9-8-10-15-33)19-21-41(38)47-42-22-23-43(48)39(24-28(3)4)44(42)35-17-12-11-16-34(35)29(5)45(36)47/h6,8-10,13-27,29,48H,7,11-12H2,1-5H3/b13-6-/t29-/m1/s1. The number of allylic oxidation sites excluding steroid dienone is 6. The van der Waals surface area contributed by atoms with Gasteiger partial charge in [-0.3, -0.25) is 0 Å². The van der Waals surface area contributed by atoms with Crippen molar-refractivity contribution in [3.8, 4) is 28.3 Å². The maximum atomic E-state index is 11.2. The number of hydrogen-bond donors (Lipinski definition) is 1. The van der Waals surface area contributed by atoms with Gasteiger partial charge in [0, 0.05) is 51.0 Å². The Hall–Kier alpha value is -5.28. The Bertz CT molecular complexity index is 2370. The molecule has 1 N–H and O–H groups in total. The van der Waals surface area contributed by atoms with Gasteiger partial charge in [-0.1, -0.05) is 80.1 Å². The third-order valence-corrected chi connectivity index (χ3v) is 10.2. The highest BCUT2D eigenvalue weighted by atomic mass is 16.3. The number of aromatic nitrogens is 2. The quantitative estimate of drug-likeness (QED) is 0.203. The molecule has 1 atom stereocenters. The van der Waals surface area contributed by atoms with Gasteiger partial charge in [0.05, 0.1) is 16.7 Å². The molecule has 0 bridgehead atoms. The predicted molar refractivity (Wildman–Crippen MR) is 204 cm³/mol. The third kappa shape index (κ3) is 4.64. The number of para-hydroxylation sites is 1. The number of aryl methyl sites for hydroxylation is 1. The Morgan fingerprint density at radius 3 is 2.31 bits per heavy atom. The molecule has 0 fully saturated rings. The third-order valence-electron chi connectivity index (χ3n) is 10.2. The molecule has 6 aromatic rings. The minimum absolute atomic E-state index is 0.175. The number of hydrogen-bond acceptors (Lipinski definition) is 1. The van der Waals surface area contributed by atoms with Crippen LogP contribution in [0.3, 0.4) is 0 Å². The summed E-state index contributed by atoms with van der Waals surface area (Å²) in [7, 11) is 0. The van der Waals surface area contributed by atoms with E-state index in [1.807, 2.05) is 6.07 Å². The molecule has 2 aromatic heterocycles. The number of nitrogens with zero attached hydrogens (tertiary/aromatic N) is 2. The second-order valence-electron chi connectivity index (χ2n) is 13.5. The summed E-state index contributed by atoms with van der Waals surface area (Å²) < 4.78 is 4.80. The first-order chi connectivity index (χ1) is 23.4. The summed E-state index contributed by atoms with van der Waals surface area (Å²) in [4.78, 5) is 0. The van der Waals surface area contributed by atoms with Crippen molar-refractivity contribution in [3.63, 3.8) is 0 Å². The summed E-state index contributed by atoms with van der Waals surface area (Å²) in [5.74, 6) is 0.501. The van der Waals surface area contributed by atoms with Gasteiger partial charge < -0.3 is 14.2 Å². The molecule has 2 aliphatic rings. The molecule has 4 aromatic carbocycles. The Morgan fingerprint density at radius 2 is 1.58 bits per heavy atom. The van der Waals surface area contributed by atoms with E-state index in [4.69, 9.17) is 0 Å². The van der Waals surface area contributed by atoms with Crippen molar-refractivity contribution < 1.29 is 5.11 Å². The van der Waals surface area contributed by atoms with Gasteiger partial charge in [0.15, 0.2) is 0 Å². The SMILES string of the molecule is C/C=C\c1c2n(c3ccc(-c4ccc5c(c4)c(CC)cn5-c4ccccc4)cc13)-c1ccc(O)c(C=C(C)C)c1C1=CCCC=C1[C@H]2C. The van der Waals surface area contributed by atoms with Gasteiger partial charge in [0.2, 0.25) is 0 Å². The van der Waals surface area contributed by atoms with E-state index in [0.717, 1.165) is 41.6 Å². The van der Waals surface area contributed by atoms with Crippen LogP contribution in [-0.2, 0) is 6.42 Å². The van der Waals surface area contributed by atoms with E-state index in [1.54, 1.807) is 0 Å². The molecule has 0 spiro atoms. The number of rotatable bonds is 5. The summed E-state index contributed by atoms with van der Waals surface area (Å²) in [6.07, 6.45) is 16.7. The normalized spacial score (nSPS) is 15.6. The van der Waals surface area contributed by atoms with Crippen molar-refractivity contribution in [2.75, 3.05) is 0 Å². The molecule has 0 saturated carbocycles. The second kappa shape index (κ2) is 11.8. The largest absolute Gasteiger partial charge is 0.507 e. The molecule has 0 amide bonds. The highest BCUT2D eigenvalue weighted by Gasteiger charge is 2.33. The van der Waals surface area contributed by atoms with Crippen molar-refractivity contribution >= 4 is 39.5 Å². The van der Waals surface area contributed by atoms with Crippen LogP contribution in [0.1, 0.15) is 81.3 Å². The molecule has 48 heavy (non-hydrogen) atoms. The summed E-state index contributed by atoms with van der Waals surface area (Å²) in [6.45, 7) is 10.9. The second-order valence-corrected chi connectivity index (χ2v) is 13.5. The molecule has 3 heterocycles. The molecule has 1 aliphatic heterocycles. The summed E-state index contributed by atoms with van der Waals surface area (Å²) in [6, 6.07) is 28.5. The molecule has 3 nitrogen and oxygen atoms in total. The minimum Gasteiger partial charge on any atom is -0.507 e. The zero-order valence-electron chi connectivity index (χ0n) is 28.5. The highest BCUT2D eigenvalue weighted by molar-refractivity contribution is 6.01. The van der Waals surface area contributed by atoms with Gasteiger partial charge in [0.1, 0.15) is 5.75 Å². The topological polar surface area (TPSA) is 30.1 Å². The monoisotopic (exact) mass is 626 g/mol. The highest BCUT2D eigenvalue weighted by Crippen LogP contribution is 2.50. The van der Waals surface area contributed by atoms with E-state index in [1.165, 1.54) is 66.6 Å². The Kier molecular flexibility index (Phi) is 7.36. The van der Waals surface area contributed by atoms with E-state index in [-0.39, 0.29) is 5.92 Å². The van der Waals surface area contributed by atoms with Crippen molar-refractivity contribution in [2.45, 2.75) is 59.8 Å². The Balaban J connectivity index is 1.38. The first-order valence-corrected chi connectivity index (χ1v) is 17.3. The summed E-state index contributed by atoms with van der Waals surface area (Å²) in [5.41, 5.74) is 16.9. The Morgan fingerprint density at radius 1 is 0.854 bits per heavy atom. The average molecular weight is 627 g/mol. The lowest BCUT2D eigenvalue weighted by molar-refractivity contribution is 0.473. The van der Waals surface area contributed by atoms with E-state index < -0.39 is 0 Å². The summed E-state index contributed by atoms with van der Waals surface area (Å²) in [5, 5.41) is 13.8. The lowest BCUT2D eigenvalue weighted by atomic mass is 9.81. The van der Waals surface area contributed by atoms with Crippen LogP contribution in [0.4, 0.5) is 0 Å². The summed E-state index contributed by atoms with van der Waals surface area (Å²) >= 11 is 0. The van der Waals surface area contributed by atoms with Crippen molar-refractivity contribution in [3.05, 3.63) is 142 Å². The minimum atomic E-state index is 0.175. The molecule has 3 heteroatoms. The molecular formula is C45H42N2O. The van der Waals surface area contributed by atoms with Gasteiger partial charge in [0.25, 0.3) is 0 Å². The van der Waals surface area contributed by atoms with Crippen molar-refractivity contribution in [2.24, 2.45) is 0 Å². The molecule has 1 aliphatic carbocycles. The molecule has 8 rings (SSSR count). The van der Waals surface area contributed by atoms with Gasteiger partial charge in [-0.25, -0.2) is 0 Å². The molecule has 0 saturated heterocycles. The van der Waals surface area contributed by atoms with Crippen LogP contribution < -0.4 is 0 Å². The smallest absolute Gasteiger partial charge is 0.123 e. The van der Waals surface area contributed by atoms with Crippen LogP contribution in [0.5, 0.6) is 5.75 Å². The van der Waals surface area contributed by atoms with Gasteiger partial charge >= 0.3 is 0 Å². The zero-order valence-corrected chi connectivity index (χ0v) is 28.5. The Labute approximate surface area is 283 Å². The van der Waals surface area contributed by atoms with Crippen LogP contribution in [0.2, 0.25) is 0 Å². The first kappa shape index (κ1) is 30.1. The lowest BCUT2D eigenvalue weighted by Crippen LogP contribution is -2.05. The molecule has 238 valence electrons. The predicted octanol–water partition coefficient (Wildman–Crippen LogP) is 12.2. The van der Waals surface area contributed by atoms with Crippen LogP contribution in [0, 0.1) is 0 Å². The van der Waals surface area contributed by atoms with Crippen LogP contribution in [0.15, 0.2) is 114 Å². The van der Waals surface area contributed by atoms with E-state index >= 15 is 0 Å². The van der Waals surface area contributed by atoms with E-state index in [2.05, 4.69) is 153 Å². The first-order valence-electron chi connectivity index (χ1n) is 17.3. The van der Waals surface area contributed by atoms with Gasteiger partial charge in [-0.15, -0.1) is 0 Å². The van der Waals surface area contributed by atoms with Gasteiger partial charge in [-0.2, -0.15) is 0 Å². The fourth-order valence-corrected chi connectivity index (χ4v) is 8.10. The van der Waals surface area contributed by atoms with Gasteiger partial charge in [-0.05, 0) is 116 Å². The maximum Gasteiger partial charge on any atom is 0.123 e. The fourth-order valence-electron chi connectivity index (χ4n) is 8.10. The number of phenols is 1. The van der Waals surface area contributed by atoms with E-state index in [0.29, 0.717) is 5.75 Å². The number of fused-ring (bicyclic) bond motifs is 8. The molecular weight excluding hydrogens is 585 g/mol. The number of benzene rings is 4. The lowest BCUT2D eigenvalue weighted by Gasteiger charge is -2.22. The molecule has 0 unspecified atom stereocenters. The van der Waals surface area contributed by atoms with Crippen molar-refractivity contribution in [1.82, 2.24) is 9.13 Å². The number of aromatic hydroxyl groups is 1. The van der Waals surface area contributed by atoms with E-state index in [9.17, 15) is 5.11 Å². The van der Waals surface area contributed by atoms with Crippen LogP contribution in [-0.4, -0.2) is 14.2 Å². The maximum absolute atomic E-state index is 11.2. The van der Waals surface area contributed by atoms with Crippen LogP contribution >= 0.6 is 0 Å².